The fourth-order valence-corrected chi connectivity index (χ4v) is 3.15. The van der Waals surface area contributed by atoms with Gasteiger partial charge in [-0.25, -0.2) is 24.9 Å². The summed E-state index contributed by atoms with van der Waals surface area (Å²) in [5.41, 5.74) is 3.48. The Morgan fingerprint density at radius 3 is 2.48 bits per heavy atom. The third kappa shape index (κ3) is 4.56. The van der Waals surface area contributed by atoms with E-state index in [9.17, 15) is 13.2 Å². The summed E-state index contributed by atoms with van der Waals surface area (Å²) in [6.45, 7) is -2.96. The first-order valence-electron chi connectivity index (χ1n) is 9.66. The smallest absolute Gasteiger partial charge is 0.388 e. The van der Waals surface area contributed by atoms with E-state index in [2.05, 4.69) is 40.0 Å². The second-order valence-electron chi connectivity index (χ2n) is 6.85. The number of H-pyrrole nitrogens is 1. The number of nitrogens with zero attached hydrogens (tertiary/aromatic N) is 5. The third-order valence-electron chi connectivity index (χ3n) is 4.61. The first-order valence-corrected chi connectivity index (χ1v) is 9.66. The molecule has 0 bridgehead atoms. The summed E-state index contributed by atoms with van der Waals surface area (Å²) < 4.78 is 42.5. The van der Waals surface area contributed by atoms with Crippen molar-refractivity contribution in [2.45, 2.75) is 6.61 Å². The van der Waals surface area contributed by atoms with Crippen LogP contribution in [-0.4, -0.2) is 36.5 Å². The van der Waals surface area contributed by atoms with E-state index in [-0.39, 0.29) is 5.88 Å². The van der Waals surface area contributed by atoms with Gasteiger partial charge in [-0.2, -0.15) is 13.2 Å². The van der Waals surface area contributed by atoms with Crippen LogP contribution in [0.3, 0.4) is 0 Å². The number of fused-ring (bicyclic) bond motifs is 1. The molecule has 11 heteroatoms. The maximum absolute atomic E-state index is 13.3. The quantitative estimate of drug-likeness (QED) is 0.353. The Labute approximate surface area is 184 Å². The van der Waals surface area contributed by atoms with Crippen molar-refractivity contribution in [1.82, 2.24) is 29.9 Å². The van der Waals surface area contributed by atoms with Crippen LogP contribution in [0.5, 0.6) is 5.88 Å². The Morgan fingerprint density at radius 1 is 0.879 bits per heavy atom. The summed E-state index contributed by atoms with van der Waals surface area (Å²) in [6, 6.07) is 13.2. The Kier molecular flexibility index (Phi) is 5.27. The molecular formula is C22H14F3N7O. The first kappa shape index (κ1) is 20.4. The number of imidazole rings is 1. The van der Waals surface area contributed by atoms with E-state index in [0.717, 1.165) is 5.56 Å². The van der Waals surface area contributed by atoms with Crippen LogP contribution in [0.15, 0.2) is 67.1 Å². The number of alkyl halides is 2. The molecule has 5 aromatic rings. The molecular weight excluding hydrogens is 435 g/mol. The standard InChI is InChI=1S/C22H14F3N7O/c23-18-6-2-5-15(30-18)13-9-27-22(28-10-13)29-14-4-1-3-12(7-14)20-31-16-8-19(33-21(24)25)26-11-17(16)32-20/h1-11,21H,(H,31,32)(H,27,28,29). The molecule has 4 heterocycles. The van der Waals surface area contributed by atoms with Gasteiger partial charge in [-0.05, 0) is 24.3 Å². The predicted octanol–water partition coefficient (Wildman–Crippen LogP) is 4.96. The molecule has 0 aliphatic heterocycles. The predicted molar refractivity (Wildman–Crippen MR) is 114 cm³/mol. The molecule has 0 unspecified atom stereocenters. The van der Waals surface area contributed by atoms with Crippen molar-refractivity contribution in [2.75, 3.05) is 5.32 Å². The molecule has 33 heavy (non-hydrogen) atoms. The maximum Gasteiger partial charge on any atom is 0.388 e. The van der Waals surface area contributed by atoms with Crippen LogP contribution in [-0.2, 0) is 0 Å². The molecule has 0 aliphatic rings. The second-order valence-corrected chi connectivity index (χ2v) is 6.85. The van der Waals surface area contributed by atoms with Gasteiger partial charge in [0.1, 0.15) is 11.3 Å². The van der Waals surface area contributed by atoms with E-state index in [0.29, 0.717) is 39.8 Å². The Morgan fingerprint density at radius 2 is 1.70 bits per heavy atom. The lowest BCUT2D eigenvalue weighted by Crippen LogP contribution is -2.03. The highest BCUT2D eigenvalue weighted by atomic mass is 19.3. The van der Waals surface area contributed by atoms with Crippen molar-refractivity contribution in [3.8, 4) is 28.5 Å². The summed E-state index contributed by atoms with van der Waals surface area (Å²) in [4.78, 5) is 23.7. The molecule has 0 radical (unpaired) electrons. The normalized spacial score (nSPS) is 11.2. The van der Waals surface area contributed by atoms with Gasteiger partial charge in [0.25, 0.3) is 0 Å². The molecule has 5 rings (SSSR count). The van der Waals surface area contributed by atoms with Crippen molar-refractivity contribution in [1.29, 1.82) is 0 Å². The fraction of sp³-hybridized carbons (Fsp3) is 0.0455. The van der Waals surface area contributed by atoms with E-state index in [4.69, 9.17) is 0 Å². The Bertz CT molecular complexity index is 1420. The zero-order valence-corrected chi connectivity index (χ0v) is 16.7. The lowest BCUT2D eigenvalue weighted by Gasteiger charge is -2.07. The summed E-state index contributed by atoms with van der Waals surface area (Å²) >= 11 is 0. The highest BCUT2D eigenvalue weighted by Crippen LogP contribution is 2.26. The summed E-state index contributed by atoms with van der Waals surface area (Å²) in [5.74, 6) is 0.0933. The molecule has 0 amide bonds. The van der Waals surface area contributed by atoms with Crippen LogP contribution < -0.4 is 10.1 Å². The van der Waals surface area contributed by atoms with Gasteiger partial charge in [0.2, 0.25) is 17.8 Å². The molecule has 0 aliphatic carbocycles. The number of hydrogen-bond acceptors (Lipinski definition) is 7. The van der Waals surface area contributed by atoms with Crippen molar-refractivity contribution in [3.05, 3.63) is 73.1 Å². The molecule has 2 N–H and O–H groups in total. The van der Waals surface area contributed by atoms with Crippen LogP contribution in [0.25, 0.3) is 33.7 Å². The SMILES string of the molecule is Fc1cccc(-c2cnc(Nc3cccc(-c4nc5cnc(OC(F)F)cc5[nH]4)c3)nc2)n1. The molecule has 4 aromatic heterocycles. The number of benzene rings is 1. The van der Waals surface area contributed by atoms with Crippen LogP contribution in [0.2, 0.25) is 0 Å². The van der Waals surface area contributed by atoms with Gasteiger partial charge in [-0.1, -0.05) is 18.2 Å². The number of anilines is 2. The van der Waals surface area contributed by atoms with E-state index in [1.807, 2.05) is 24.3 Å². The highest BCUT2D eigenvalue weighted by molar-refractivity contribution is 5.80. The lowest BCUT2D eigenvalue weighted by molar-refractivity contribution is -0.0527. The number of ether oxygens (including phenoxy) is 1. The minimum absolute atomic E-state index is 0.197. The molecule has 8 nitrogen and oxygen atoms in total. The number of rotatable bonds is 6. The Hall–Kier alpha value is -4.54. The molecule has 0 fully saturated rings. The van der Waals surface area contributed by atoms with Gasteiger partial charge >= 0.3 is 6.61 Å². The van der Waals surface area contributed by atoms with Crippen molar-refractivity contribution < 1.29 is 17.9 Å². The summed E-state index contributed by atoms with van der Waals surface area (Å²) in [5, 5.41) is 3.09. The topological polar surface area (TPSA) is 102 Å². The van der Waals surface area contributed by atoms with E-state index < -0.39 is 12.6 Å². The number of pyridine rings is 2. The van der Waals surface area contributed by atoms with Gasteiger partial charge in [-0.3, -0.25) is 0 Å². The van der Waals surface area contributed by atoms with Crippen LogP contribution in [0, 0.1) is 5.95 Å². The minimum atomic E-state index is -2.96. The summed E-state index contributed by atoms with van der Waals surface area (Å²) in [7, 11) is 0. The first-order chi connectivity index (χ1) is 16.0. The largest absolute Gasteiger partial charge is 0.417 e. The monoisotopic (exact) mass is 449 g/mol. The van der Waals surface area contributed by atoms with Crippen molar-refractivity contribution in [2.24, 2.45) is 0 Å². The van der Waals surface area contributed by atoms with Gasteiger partial charge in [0, 0.05) is 35.3 Å². The number of hydrogen-bond donors (Lipinski definition) is 2. The average Bonchev–Trinajstić information content (AvgIpc) is 3.23. The minimum Gasteiger partial charge on any atom is -0.417 e. The summed E-state index contributed by atoms with van der Waals surface area (Å²) in [6.07, 6.45) is 4.45. The number of nitrogens with one attached hydrogen (secondary N) is 2. The van der Waals surface area contributed by atoms with E-state index in [1.165, 1.54) is 18.3 Å². The molecule has 1 aromatic carbocycles. The third-order valence-corrected chi connectivity index (χ3v) is 4.61. The highest BCUT2D eigenvalue weighted by Gasteiger charge is 2.11. The Balaban J connectivity index is 1.36. The number of aromatic nitrogens is 6. The molecule has 0 spiro atoms. The average molecular weight is 449 g/mol. The second kappa shape index (κ2) is 8.54. The van der Waals surface area contributed by atoms with E-state index >= 15 is 0 Å². The van der Waals surface area contributed by atoms with Crippen LogP contribution in [0.4, 0.5) is 24.8 Å². The molecule has 0 atom stereocenters. The van der Waals surface area contributed by atoms with Gasteiger partial charge in [-0.15, -0.1) is 0 Å². The van der Waals surface area contributed by atoms with Crippen molar-refractivity contribution in [3.63, 3.8) is 0 Å². The van der Waals surface area contributed by atoms with Crippen LogP contribution in [0.1, 0.15) is 0 Å². The lowest BCUT2D eigenvalue weighted by atomic mass is 10.2. The zero-order chi connectivity index (χ0) is 22.8. The van der Waals surface area contributed by atoms with Gasteiger partial charge in [0.15, 0.2) is 0 Å². The number of aromatic amines is 1. The fourth-order valence-electron chi connectivity index (χ4n) is 3.15. The molecule has 0 saturated carbocycles. The number of halogens is 3. The van der Waals surface area contributed by atoms with E-state index in [1.54, 1.807) is 24.5 Å². The molecule has 0 saturated heterocycles. The van der Waals surface area contributed by atoms with Gasteiger partial charge < -0.3 is 15.0 Å². The van der Waals surface area contributed by atoms with Crippen LogP contribution >= 0.6 is 0 Å². The van der Waals surface area contributed by atoms with Gasteiger partial charge in [0.05, 0.1) is 17.4 Å². The van der Waals surface area contributed by atoms with Crippen molar-refractivity contribution >= 4 is 22.7 Å². The zero-order valence-electron chi connectivity index (χ0n) is 16.7. The maximum atomic E-state index is 13.3. The molecule has 164 valence electrons.